The average molecular weight is 426 g/mol. The smallest absolute Gasteiger partial charge is 0.251 e. The van der Waals surface area contributed by atoms with Gasteiger partial charge in [-0.25, -0.2) is 13.1 Å². The standard InChI is InChI=1S/C19H23N3O4S.ClH/c1-26-8-7-22-27(24,25)18-4-2-3-15(10-18)19(23)21-11-14-5-6-16-12-20-13-17(16)9-14;/h2-6,9-10,20,22H,7-8,11-13H2,1H3,(H,21,23);1H. The van der Waals surface area contributed by atoms with Gasteiger partial charge in [0.15, 0.2) is 0 Å². The van der Waals surface area contributed by atoms with Crippen LogP contribution in [0.2, 0.25) is 0 Å². The van der Waals surface area contributed by atoms with Gasteiger partial charge in [0.2, 0.25) is 10.0 Å². The van der Waals surface area contributed by atoms with Crippen molar-refractivity contribution < 1.29 is 17.9 Å². The van der Waals surface area contributed by atoms with Crippen molar-refractivity contribution in [2.24, 2.45) is 0 Å². The third kappa shape index (κ3) is 5.52. The molecule has 0 fully saturated rings. The fourth-order valence-electron chi connectivity index (χ4n) is 2.91. The number of benzene rings is 2. The molecule has 1 aliphatic heterocycles. The van der Waals surface area contributed by atoms with E-state index in [1.54, 1.807) is 12.1 Å². The largest absolute Gasteiger partial charge is 0.383 e. The summed E-state index contributed by atoms with van der Waals surface area (Å²) in [6.45, 7) is 2.54. The lowest BCUT2D eigenvalue weighted by atomic mass is 10.1. The summed E-state index contributed by atoms with van der Waals surface area (Å²) in [5.41, 5.74) is 3.84. The van der Waals surface area contributed by atoms with Crippen LogP contribution in [-0.4, -0.2) is 34.6 Å². The second-order valence-electron chi connectivity index (χ2n) is 6.31. The molecule has 7 nitrogen and oxygen atoms in total. The van der Waals surface area contributed by atoms with Crippen LogP contribution in [0.3, 0.4) is 0 Å². The van der Waals surface area contributed by atoms with E-state index in [9.17, 15) is 13.2 Å². The number of nitrogens with one attached hydrogen (secondary N) is 3. The summed E-state index contributed by atoms with van der Waals surface area (Å²) in [4.78, 5) is 12.5. The Kier molecular flexibility index (Phi) is 7.97. The minimum absolute atomic E-state index is 0. The average Bonchev–Trinajstić information content (AvgIpc) is 3.14. The molecular formula is C19H24ClN3O4S. The lowest BCUT2D eigenvalue weighted by molar-refractivity contribution is 0.0950. The Morgan fingerprint density at radius 3 is 2.71 bits per heavy atom. The molecule has 0 atom stereocenters. The lowest BCUT2D eigenvalue weighted by Crippen LogP contribution is -2.28. The number of hydrogen-bond acceptors (Lipinski definition) is 5. The highest BCUT2D eigenvalue weighted by atomic mass is 35.5. The molecular weight excluding hydrogens is 402 g/mol. The Morgan fingerprint density at radius 2 is 1.93 bits per heavy atom. The van der Waals surface area contributed by atoms with Crippen molar-refractivity contribution in [3.63, 3.8) is 0 Å². The Labute approximate surface area is 171 Å². The zero-order valence-corrected chi connectivity index (χ0v) is 17.2. The van der Waals surface area contributed by atoms with Gasteiger partial charge in [-0.15, -0.1) is 12.4 Å². The van der Waals surface area contributed by atoms with Crippen LogP contribution in [0.4, 0.5) is 0 Å². The van der Waals surface area contributed by atoms with Crippen LogP contribution in [0.15, 0.2) is 47.4 Å². The second-order valence-corrected chi connectivity index (χ2v) is 8.07. The zero-order valence-electron chi connectivity index (χ0n) is 15.5. The van der Waals surface area contributed by atoms with Gasteiger partial charge in [-0.05, 0) is 34.9 Å². The van der Waals surface area contributed by atoms with Gasteiger partial charge in [-0.3, -0.25) is 4.79 Å². The first-order valence-electron chi connectivity index (χ1n) is 8.68. The molecule has 0 bridgehead atoms. The van der Waals surface area contributed by atoms with E-state index in [1.165, 1.54) is 30.4 Å². The normalized spacial score (nSPS) is 12.9. The van der Waals surface area contributed by atoms with Crippen molar-refractivity contribution >= 4 is 28.3 Å². The minimum atomic E-state index is -3.68. The molecule has 3 rings (SSSR count). The van der Waals surface area contributed by atoms with Gasteiger partial charge >= 0.3 is 0 Å². The van der Waals surface area contributed by atoms with E-state index < -0.39 is 10.0 Å². The molecule has 1 aliphatic rings. The van der Waals surface area contributed by atoms with Crippen molar-refractivity contribution in [2.75, 3.05) is 20.3 Å². The third-order valence-electron chi connectivity index (χ3n) is 4.36. The van der Waals surface area contributed by atoms with Gasteiger partial charge in [0.05, 0.1) is 11.5 Å². The number of ether oxygens (including phenoxy) is 1. The number of sulfonamides is 1. The van der Waals surface area contributed by atoms with Crippen molar-refractivity contribution in [3.05, 3.63) is 64.7 Å². The highest BCUT2D eigenvalue weighted by Crippen LogP contribution is 2.17. The molecule has 0 saturated carbocycles. The Hall–Kier alpha value is -1.97. The highest BCUT2D eigenvalue weighted by Gasteiger charge is 2.16. The molecule has 2 aromatic carbocycles. The van der Waals surface area contributed by atoms with E-state index in [2.05, 4.69) is 27.5 Å². The first-order valence-corrected chi connectivity index (χ1v) is 10.2. The number of methoxy groups -OCH3 is 1. The summed E-state index contributed by atoms with van der Waals surface area (Å²) in [7, 11) is -2.18. The molecule has 152 valence electrons. The minimum Gasteiger partial charge on any atom is -0.383 e. The molecule has 0 unspecified atom stereocenters. The fourth-order valence-corrected chi connectivity index (χ4v) is 3.97. The van der Waals surface area contributed by atoms with Crippen LogP contribution in [0.25, 0.3) is 0 Å². The van der Waals surface area contributed by atoms with E-state index in [0.717, 1.165) is 18.7 Å². The number of rotatable bonds is 8. The molecule has 2 aromatic rings. The molecule has 9 heteroatoms. The monoisotopic (exact) mass is 425 g/mol. The fraction of sp³-hybridized carbons (Fsp3) is 0.316. The summed E-state index contributed by atoms with van der Waals surface area (Å²) >= 11 is 0. The van der Waals surface area contributed by atoms with E-state index in [1.807, 2.05) is 6.07 Å². The molecule has 0 spiro atoms. The molecule has 0 radical (unpaired) electrons. The number of carbonyl (C=O) groups excluding carboxylic acids is 1. The SMILES string of the molecule is COCCNS(=O)(=O)c1cccc(C(=O)NCc2ccc3c(c2)CNC3)c1.Cl. The van der Waals surface area contributed by atoms with Gasteiger partial charge in [-0.2, -0.15) is 0 Å². The number of fused-ring (bicyclic) bond motifs is 1. The Balaban J connectivity index is 0.00000280. The van der Waals surface area contributed by atoms with Crippen LogP contribution < -0.4 is 15.4 Å². The summed E-state index contributed by atoms with van der Waals surface area (Å²) in [5, 5.41) is 6.13. The number of carbonyl (C=O) groups is 1. The predicted molar refractivity (Wildman–Crippen MR) is 109 cm³/mol. The van der Waals surface area contributed by atoms with Crippen molar-refractivity contribution in [1.82, 2.24) is 15.4 Å². The molecule has 1 heterocycles. The van der Waals surface area contributed by atoms with E-state index in [0.29, 0.717) is 12.1 Å². The topological polar surface area (TPSA) is 96.5 Å². The summed E-state index contributed by atoms with van der Waals surface area (Å²) < 4.78 is 31.8. The number of halogens is 1. The van der Waals surface area contributed by atoms with Crippen LogP contribution in [0.1, 0.15) is 27.0 Å². The Morgan fingerprint density at radius 1 is 1.14 bits per heavy atom. The quantitative estimate of drug-likeness (QED) is 0.558. The van der Waals surface area contributed by atoms with Gasteiger partial charge in [0.1, 0.15) is 0 Å². The summed E-state index contributed by atoms with van der Waals surface area (Å²) in [6.07, 6.45) is 0. The summed E-state index contributed by atoms with van der Waals surface area (Å²) in [6, 6.07) is 12.1. The maximum Gasteiger partial charge on any atom is 0.251 e. The predicted octanol–water partition coefficient (Wildman–Crippen LogP) is 1.57. The van der Waals surface area contributed by atoms with Crippen LogP contribution >= 0.6 is 12.4 Å². The van der Waals surface area contributed by atoms with Crippen LogP contribution in [0, 0.1) is 0 Å². The maximum atomic E-state index is 12.4. The molecule has 0 saturated heterocycles. The lowest BCUT2D eigenvalue weighted by Gasteiger charge is -2.09. The van der Waals surface area contributed by atoms with Crippen molar-refractivity contribution in [1.29, 1.82) is 0 Å². The summed E-state index contributed by atoms with van der Waals surface area (Å²) in [5.74, 6) is -0.317. The van der Waals surface area contributed by atoms with Crippen molar-refractivity contribution in [3.8, 4) is 0 Å². The first kappa shape index (κ1) is 22.3. The molecule has 28 heavy (non-hydrogen) atoms. The van der Waals surface area contributed by atoms with Crippen LogP contribution in [0.5, 0.6) is 0 Å². The van der Waals surface area contributed by atoms with E-state index in [4.69, 9.17) is 4.74 Å². The molecule has 0 aromatic heterocycles. The number of hydrogen-bond donors (Lipinski definition) is 3. The van der Waals surface area contributed by atoms with Crippen LogP contribution in [-0.2, 0) is 34.4 Å². The van der Waals surface area contributed by atoms with E-state index in [-0.39, 0.29) is 36.4 Å². The highest BCUT2D eigenvalue weighted by molar-refractivity contribution is 7.89. The van der Waals surface area contributed by atoms with Gasteiger partial charge < -0.3 is 15.4 Å². The Bertz CT molecular complexity index is 935. The maximum absolute atomic E-state index is 12.4. The number of amides is 1. The van der Waals surface area contributed by atoms with E-state index >= 15 is 0 Å². The first-order chi connectivity index (χ1) is 13.0. The molecule has 1 amide bonds. The molecule has 3 N–H and O–H groups in total. The zero-order chi connectivity index (χ0) is 19.3. The second kappa shape index (κ2) is 9.99. The van der Waals surface area contributed by atoms with Gasteiger partial charge in [0, 0.05) is 38.9 Å². The van der Waals surface area contributed by atoms with Gasteiger partial charge in [0.25, 0.3) is 5.91 Å². The van der Waals surface area contributed by atoms with Gasteiger partial charge in [-0.1, -0.05) is 24.3 Å². The third-order valence-corrected chi connectivity index (χ3v) is 5.82. The van der Waals surface area contributed by atoms with Crippen molar-refractivity contribution in [2.45, 2.75) is 24.5 Å². The molecule has 0 aliphatic carbocycles.